The van der Waals surface area contributed by atoms with E-state index in [0.717, 1.165) is 12.8 Å². The van der Waals surface area contributed by atoms with Crippen LogP contribution < -0.4 is 0 Å². The second kappa shape index (κ2) is 5.77. The van der Waals surface area contributed by atoms with Gasteiger partial charge in [0, 0.05) is 0 Å². The summed E-state index contributed by atoms with van der Waals surface area (Å²) in [6.07, 6.45) is -0.296. The minimum absolute atomic E-state index is 0.557. The molecule has 72 valence electrons. The van der Waals surface area contributed by atoms with Gasteiger partial charge in [0.15, 0.2) is 0 Å². The Kier molecular flexibility index (Phi) is 5.36. The molecule has 0 heterocycles. The van der Waals surface area contributed by atoms with Gasteiger partial charge in [-0.3, -0.25) is 0 Å². The van der Waals surface area contributed by atoms with Gasteiger partial charge in [-0.15, -0.1) is 0 Å². The van der Waals surface area contributed by atoms with Gasteiger partial charge in [-0.1, -0.05) is 12.8 Å². The predicted octanol–water partition coefficient (Wildman–Crippen LogP) is 1.48. The number of carboxylic acid groups (broad SMARTS) is 2. The number of hydrogen-bond acceptors (Lipinski definition) is 2. The van der Waals surface area contributed by atoms with Crippen LogP contribution in [-0.4, -0.2) is 33.8 Å². The van der Waals surface area contributed by atoms with E-state index in [0.29, 0.717) is 12.8 Å². The van der Waals surface area contributed by atoms with Gasteiger partial charge in [0.25, 0.3) is 0 Å². The van der Waals surface area contributed by atoms with Gasteiger partial charge in [0.05, 0.1) is 6.10 Å². The molecular formula is C7H13FO4. The number of rotatable bonds is 0. The summed E-state index contributed by atoms with van der Waals surface area (Å²) in [6.45, 7) is 0. The normalized spacial score (nSPS) is 28.5. The van der Waals surface area contributed by atoms with Crippen molar-refractivity contribution in [2.75, 3.05) is 0 Å². The van der Waals surface area contributed by atoms with Gasteiger partial charge in [0.2, 0.25) is 0 Å². The van der Waals surface area contributed by atoms with E-state index in [1.54, 1.807) is 0 Å². The predicted molar refractivity (Wildman–Crippen MR) is 40.0 cm³/mol. The molecule has 4 nitrogen and oxygen atoms in total. The van der Waals surface area contributed by atoms with E-state index in [4.69, 9.17) is 20.1 Å². The maximum atomic E-state index is 12.3. The van der Waals surface area contributed by atoms with Crippen LogP contribution in [0.4, 0.5) is 9.18 Å². The zero-order chi connectivity index (χ0) is 9.56. The van der Waals surface area contributed by atoms with Crippen LogP contribution >= 0.6 is 0 Å². The van der Waals surface area contributed by atoms with Crippen molar-refractivity contribution in [3.8, 4) is 0 Å². The Balaban J connectivity index is 0.000000261. The highest BCUT2D eigenvalue weighted by Crippen LogP contribution is 2.20. The van der Waals surface area contributed by atoms with Crippen molar-refractivity contribution < 1.29 is 24.5 Å². The molecule has 0 amide bonds. The molecule has 0 aromatic rings. The van der Waals surface area contributed by atoms with Crippen molar-refractivity contribution in [1.29, 1.82) is 0 Å². The first-order valence-corrected chi connectivity index (χ1v) is 3.78. The monoisotopic (exact) mass is 180 g/mol. The molecule has 1 aliphatic rings. The first-order valence-electron chi connectivity index (χ1n) is 3.78. The Morgan fingerprint density at radius 3 is 1.92 bits per heavy atom. The van der Waals surface area contributed by atoms with E-state index in [-0.39, 0.29) is 0 Å². The lowest BCUT2D eigenvalue weighted by Gasteiger charge is -2.20. The van der Waals surface area contributed by atoms with Crippen LogP contribution in [0.5, 0.6) is 0 Å². The van der Waals surface area contributed by atoms with Crippen LogP contribution in [0.2, 0.25) is 0 Å². The summed E-state index contributed by atoms with van der Waals surface area (Å²) < 4.78 is 12.3. The lowest BCUT2D eigenvalue weighted by atomic mass is 9.96. The summed E-state index contributed by atoms with van der Waals surface area (Å²) in [6, 6.07) is 0. The molecular weight excluding hydrogens is 167 g/mol. The van der Waals surface area contributed by atoms with Crippen LogP contribution in [-0.2, 0) is 0 Å². The topological polar surface area (TPSA) is 77.8 Å². The highest BCUT2D eigenvalue weighted by Gasteiger charge is 2.21. The number of halogens is 1. The van der Waals surface area contributed by atoms with E-state index in [2.05, 4.69) is 0 Å². The first kappa shape index (κ1) is 11.2. The first-order chi connectivity index (χ1) is 5.54. The van der Waals surface area contributed by atoms with Gasteiger partial charge in [0.1, 0.15) is 6.17 Å². The number of carbonyl (C=O) groups is 1. The smallest absolute Gasteiger partial charge is 0.450 e. The summed E-state index contributed by atoms with van der Waals surface area (Å²) in [5.74, 6) is 0. The number of alkyl halides is 1. The van der Waals surface area contributed by atoms with Crippen LogP contribution in [0.15, 0.2) is 0 Å². The highest BCUT2D eigenvalue weighted by atomic mass is 19.1. The van der Waals surface area contributed by atoms with Gasteiger partial charge in [-0.25, -0.2) is 9.18 Å². The van der Waals surface area contributed by atoms with Crippen molar-refractivity contribution in [1.82, 2.24) is 0 Å². The Bertz CT molecular complexity index is 125. The minimum atomic E-state index is -1.83. The average molecular weight is 180 g/mol. The molecule has 2 atom stereocenters. The summed E-state index contributed by atoms with van der Waals surface area (Å²) >= 11 is 0. The number of aliphatic hydroxyl groups is 1. The fourth-order valence-corrected chi connectivity index (χ4v) is 1.07. The largest absolute Gasteiger partial charge is 0.503 e. The van der Waals surface area contributed by atoms with Crippen molar-refractivity contribution in [3.63, 3.8) is 0 Å². The molecule has 1 fully saturated rings. The van der Waals surface area contributed by atoms with E-state index >= 15 is 0 Å². The minimum Gasteiger partial charge on any atom is -0.450 e. The van der Waals surface area contributed by atoms with E-state index in [1.165, 1.54) is 0 Å². The fourth-order valence-electron chi connectivity index (χ4n) is 1.07. The SMILES string of the molecule is O=C(O)O.O[C@H]1CCCC[C@H]1F. The molecule has 1 rings (SSSR count). The molecule has 12 heavy (non-hydrogen) atoms. The zero-order valence-corrected chi connectivity index (χ0v) is 6.61. The van der Waals surface area contributed by atoms with Crippen LogP contribution in [0, 0.1) is 0 Å². The maximum Gasteiger partial charge on any atom is 0.503 e. The maximum absolute atomic E-state index is 12.3. The Hall–Kier alpha value is -0.840. The molecule has 0 radical (unpaired) electrons. The molecule has 0 saturated heterocycles. The highest BCUT2D eigenvalue weighted by molar-refractivity contribution is 5.53. The van der Waals surface area contributed by atoms with Crippen molar-refractivity contribution >= 4 is 6.16 Å². The van der Waals surface area contributed by atoms with Gasteiger partial charge in [-0.2, -0.15) is 0 Å². The van der Waals surface area contributed by atoms with Crippen LogP contribution in [0.1, 0.15) is 25.7 Å². The Morgan fingerprint density at radius 1 is 1.25 bits per heavy atom. The third kappa shape index (κ3) is 5.91. The molecule has 0 unspecified atom stereocenters. The molecule has 1 saturated carbocycles. The standard InChI is InChI=1S/C6H11FO.CH2O3/c7-5-3-1-2-4-6(5)8;2-1(3)4/h5-6,8H,1-4H2;(H2,2,3,4)/t5-,6+;/m1./s1. The van der Waals surface area contributed by atoms with Gasteiger partial charge < -0.3 is 15.3 Å². The number of hydrogen-bond donors (Lipinski definition) is 3. The Morgan fingerprint density at radius 2 is 1.67 bits per heavy atom. The summed E-state index contributed by atoms with van der Waals surface area (Å²) in [4.78, 5) is 8.56. The van der Waals surface area contributed by atoms with Gasteiger partial charge >= 0.3 is 6.16 Å². The quantitative estimate of drug-likeness (QED) is 0.527. The second-order valence-electron chi connectivity index (χ2n) is 2.65. The lowest BCUT2D eigenvalue weighted by Crippen LogP contribution is -2.25. The fraction of sp³-hybridized carbons (Fsp3) is 0.857. The Labute approximate surface area is 69.6 Å². The van der Waals surface area contributed by atoms with Gasteiger partial charge in [-0.05, 0) is 12.8 Å². The summed E-state index contributed by atoms with van der Waals surface area (Å²) in [5, 5.41) is 22.7. The van der Waals surface area contributed by atoms with Crippen LogP contribution in [0.25, 0.3) is 0 Å². The molecule has 0 aliphatic heterocycles. The molecule has 1 aliphatic carbocycles. The summed E-state index contributed by atoms with van der Waals surface area (Å²) in [7, 11) is 0. The lowest BCUT2D eigenvalue weighted by molar-refractivity contribution is 0.0442. The molecule has 5 heteroatoms. The zero-order valence-electron chi connectivity index (χ0n) is 6.61. The van der Waals surface area contributed by atoms with Crippen LogP contribution in [0.3, 0.4) is 0 Å². The average Bonchev–Trinajstić information content (AvgIpc) is 1.94. The molecule has 0 bridgehead atoms. The van der Waals surface area contributed by atoms with E-state index in [1.807, 2.05) is 0 Å². The molecule has 0 aromatic heterocycles. The third-order valence-corrected chi connectivity index (χ3v) is 1.65. The van der Waals surface area contributed by atoms with E-state index in [9.17, 15) is 4.39 Å². The van der Waals surface area contributed by atoms with Crippen molar-refractivity contribution in [2.45, 2.75) is 38.0 Å². The second-order valence-corrected chi connectivity index (χ2v) is 2.65. The molecule has 3 N–H and O–H groups in total. The number of aliphatic hydroxyl groups excluding tert-OH is 1. The molecule has 0 aromatic carbocycles. The summed E-state index contributed by atoms with van der Waals surface area (Å²) in [5.41, 5.74) is 0. The van der Waals surface area contributed by atoms with E-state index < -0.39 is 18.4 Å². The third-order valence-electron chi connectivity index (χ3n) is 1.65. The molecule has 0 spiro atoms. The van der Waals surface area contributed by atoms with Crippen molar-refractivity contribution in [2.24, 2.45) is 0 Å². The van der Waals surface area contributed by atoms with Crippen molar-refractivity contribution in [3.05, 3.63) is 0 Å².